The van der Waals surface area contributed by atoms with Gasteiger partial charge in [0.25, 0.3) is 0 Å². The third-order valence-corrected chi connectivity index (χ3v) is 43.9. The number of benzene rings is 5. The first kappa shape index (κ1) is 38.3. The summed E-state index contributed by atoms with van der Waals surface area (Å²) in [6.07, 6.45) is 0. The first-order valence-electron chi connectivity index (χ1n) is 19.1. The van der Waals surface area contributed by atoms with Crippen molar-refractivity contribution in [1.82, 2.24) is 0 Å². The van der Waals surface area contributed by atoms with Crippen LogP contribution < -0.4 is 31.1 Å². The first-order chi connectivity index (χ1) is 24.4. The molecule has 0 fully saturated rings. The maximum atomic E-state index is 2.81. The zero-order valence-corrected chi connectivity index (χ0v) is 37.6. The first-order valence-corrected chi connectivity index (χ1v) is 34.6. The van der Waals surface area contributed by atoms with E-state index < -0.39 is 42.7 Å². The van der Waals surface area contributed by atoms with Crippen molar-refractivity contribution in [1.29, 1.82) is 0 Å². The van der Waals surface area contributed by atoms with Crippen molar-refractivity contribution in [2.24, 2.45) is 0 Å². The van der Waals surface area contributed by atoms with Gasteiger partial charge in [-0.05, 0) is 0 Å². The molecule has 0 aliphatic rings. The molecule has 5 rings (SSSR count). The van der Waals surface area contributed by atoms with Crippen molar-refractivity contribution < 1.29 is 0 Å². The van der Waals surface area contributed by atoms with Crippen molar-refractivity contribution in [2.45, 2.75) is 73.1 Å². The molecule has 0 spiro atoms. The van der Waals surface area contributed by atoms with E-state index in [-0.39, 0.29) is 0 Å². The standard InChI is InChI=1S/C46H58Ge2Si2/c1-7-47(8-2,9-3)37-39-49(41-25-17-13-18-26-41,42-27-19-14-20-28-42)45-33-35-46(36-34-45)50(43-29-21-15-22-30-43,44-31-23-16-24-32-44)40-38-48(10-4,11-5)12-6/h13-40H,7-12H2,1-6H3/b39-37+,40-38+. The van der Waals surface area contributed by atoms with Crippen LogP contribution in [0.3, 0.4) is 0 Å². The summed E-state index contributed by atoms with van der Waals surface area (Å²) < 4.78 is 0. The average Bonchev–Trinajstić information content (AvgIpc) is 3.21. The molecule has 0 heterocycles. The van der Waals surface area contributed by atoms with E-state index in [0.717, 1.165) is 0 Å². The normalized spacial score (nSPS) is 12.9. The molecule has 0 aliphatic heterocycles. The summed E-state index contributed by atoms with van der Waals surface area (Å²) in [4.78, 5) is 5.61. The van der Waals surface area contributed by atoms with Gasteiger partial charge in [0.1, 0.15) is 0 Å². The summed E-state index contributed by atoms with van der Waals surface area (Å²) in [5.74, 6) is 0. The fourth-order valence-corrected chi connectivity index (χ4v) is 33.7. The summed E-state index contributed by atoms with van der Waals surface area (Å²) in [6.45, 7) is 14.7. The molecule has 0 saturated heterocycles. The fraction of sp³-hybridized carbons (Fsp3) is 0.261. The van der Waals surface area contributed by atoms with E-state index in [9.17, 15) is 0 Å². The Morgan fingerprint density at radius 2 is 0.520 bits per heavy atom. The van der Waals surface area contributed by atoms with Gasteiger partial charge in [-0.25, -0.2) is 0 Å². The van der Waals surface area contributed by atoms with Gasteiger partial charge in [0.15, 0.2) is 0 Å². The molecule has 0 unspecified atom stereocenters. The molecular formula is C46H58Ge2Si2. The predicted molar refractivity (Wildman–Crippen MR) is 234 cm³/mol. The predicted octanol–water partition coefficient (Wildman–Crippen LogP) is 8.91. The van der Waals surface area contributed by atoms with Crippen LogP contribution in [0.1, 0.15) is 41.5 Å². The Labute approximate surface area is 311 Å². The van der Waals surface area contributed by atoms with Crippen molar-refractivity contribution in [3.8, 4) is 0 Å². The van der Waals surface area contributed by atoms with E-state index in [4.69, 9.17) is 0 Å². The summed E-state index contributed by atoms with van der Waals surface area (Å²) >= 11 is -4.29. The zero-order valence-electron chi connectivity index (χ0n) is 31.4. The summed E-state index contributed by atoms with van der Waals surface area (Å²) in [7, 11) is -5.03. The molecule has 0 radical (unpaired) electrons. The molecule has 0 amide bonds. The minimum absolute atomic E-state index is 1.34. The van der Waals surface area contributed by atoms with Gasteiger partial charge in [0.05, 0.1) is 0 Å². The molecule has 258 valence electrons. The molecule has 4 heteroatoms. The maximum absolute atomic E-state index is 2.81. The van der Waals surface area contributed by atoms with Crippen molar-refractivity contribution in [2.75, 3.05) is 0 Å². The van der Waals surface area contributed by atoms with E-state index in [0.29, 0.717) is 0 Å². The molecule has 0 saturated carbocycles. The summed E-state index contributed by atoms with van der Waals surface area (Å²) in [6, 6.07) is 56.0. The van der Waals surface area contributed by atoms with Gasteiger partial charge in [0.2, 0.25) is 0 Å². The molecule has 0 aliphatic carbocycles. The van der Waals surface area contributed by atoms with Crippen LogP contribution in [-0.2, 0) is 0 Å². The van der Waals surface area contributed by atoms with Crippen LogP contribution in [0.4, 0.5) is 0 Å². The molecule has 0 nitrogen and oxygen atoms in total. The third-order valence-electron chi connectivity index (χ3n) is 12.3. The number of hydrogen-bond donors (Lipinski definition) is 0. The Morgan fingerprint density at radius 3 is 0.720 bits per heavy atom. The second-order valence-corrected chi connectivity index (χ2v) is 43.3. The van der Waals surface area contributed by atoms with E-state index >= 15 is 0 Å². The SMILES string of the molecule is C[CH2][Ge](/[CH]=C/[Si](c1ccccc1)(c1ccccc1)c1ccc([Si](/C=[CH]/[Ge]([CH2]C)([CH2]C)[CH2]C)(c2ccccc2)c2ccccc2)cc1)([CH2]C)[CH2]C. The Kier molecular flexibility index (Phi) is 13.5. The van der Waals surface area contributed by atoms with Gasteiger partial charge in [-0.3, -0.25) is 0 Å². The summed E-state index contributed by atoms with van der Waals surface area (Å²) in [5.41, 5.74) is 5.54. The molecular weight excluding hydrogens is 754 g/mol. The van der Waals surface area contributed by atoms with Gasteiger partial charge in [-0.15, -0.1) is 0 Å². The minimum atomic E-state index is -2.52. The average molecular weight is 812 g/mol. The molecule has 5 aromatic rings. The molecule has 0 aromatic heterocycles. The van der Waals surface area contributed by atoms with Crippen LogP contribution in [0.2, 0.25) is 31.5 Å². The van der Waals surface area contributed by atoms with Gasteiger partial charge < -0.3 is 0 Å². The monoisotopic (exact) mass is 814 g/mol. The Morgan fingerprint density at radius 1 is 0.320 bits per heavy atom. The van der Waals surface area contributed by atoms with Crippen molar-refractivity contribution >= 4 is 73.8 Å². The van der Waals surface area contributed by atoms with Gasteiger partial charge in [-0.2, -0.15) is 0 Å². The van der Waals surface area contributed by atoms with Gasteiger partial charge in [-0.1, -0.05) is 0 Å². The molecule has 50 heavy (non-hydrogen) atoms. The topological polar surface area (TPSA) is 0 Å². The van der Waals surface area contributed by atoms with Crippen molar-refractivity contribution in [3.05, 3.63) is 167 Å². The van der Waals surface area contributed by atoms with Crippen LogP contribution >= 0.6 is 0 Å². The van der Waals surface area contributed by atoms with Crippen LogP contribution in [0.25, 0.3) is 0 Å². The zero-order chi connectivity index (χ0) is 35.5. The number of hydrogen-bond acceptors (Lipinski definition) is 0. The second-order valence-electron chi connectivity index (χ2n) is 14.2. The van der Waals surface area contributed by atoms with E-state index in [1.165, 1.54) is 62.6 Å². The van der Waals surface area contributed by atoms with E-state index in [1.807, 2.05) is 0 Å². The van der Waals surface area contributed by atoms with Crippen LogP contribution in [-0.4, -0.2) is 42.7 Å². The second kappa shape index (κ2) is 17.5. The molecule has 0 bridgehead atoms. The molecule has 0 atom stereocenters. The van der Waals surface area contributed by atoms with Crippen LogP contribution in [0.5, 0.6) is 0 Å². The van der Waals surface area contributed by atoms with Crippen LogP contribution in [0.15, 0.2) is 167 Å². The van der Waals surface area contributed by atoms with E-state index in [1.54, 1.807) is 0 Å². The third kappa shape index (κ3) is 7.65. The Hall–Kier alpha value is -2.90. The molecule has 5 aromatic carbocycles. The van der Waals surface area contributed by atoms with Gasteiger partial charge in [0, 0.05) is 0 Å². The fourth-order valence-electron chi connectivity index (χ4n) is 8.19. The van der Waals surface area contributed by atoms with Crippen LogP contribution in [0, 0.1) is 0 Å². The summed E-state index contributed by atoms with van der Waals surface area (Å²) in [5, 5.41) is 16.9. The van der Waals surface area contributed by atoms with Crippen molar-refractivity contribution in [3.63, 3.8) is 0 Å². The Balaban J connectivity index is 1.82. The quantitative estimate of drug-likeness (QED) is 0.0691. The number of rotatable bonds is 16. The van der Waals surface area contributed by atoms with Gasteiger partial charge >= 0.3 is 314 Å². The Bertz CT molecular complexity index is 1560. The van der Waals surface area contributed by atoms with E-state index in [2.05, 4.69) is 208 Å². The molecule has 0 N–H and O–H groups in total.